The zero-order valence-electron chi connectivity index (χ0n) is 45.6. The lowest BCUT2D eigenvalue weighted by atomic mass is 9.48. The zero-order valence-corrected chi connectivity index (χ0v) is 45.6. The van der Waals surface area contributed by atoms with Crippen LogP contribution in [0.2, 0.25) is 0 Å². The molecule has 8 nitrogen and oxygen atoms in total. The number of aliphatic hydroxyl groups is 2. The number of hydrogen-bond acceptors (Lipinski definition) is 8. The molecule has 0 saturated heterocycles. The van der Waals surface area contributed by atoms with Crippen molar-refractivity contribution >= 4 is 11.9 Å². The predicted molar refractivity (Wildman–Crippen MR) is 275 cm³/mol. The van der Waals surface area contributed by atoms with Gasteiger partial charge in [-0.05, 0) is 219 Å². The molecule has 0 radical (unpaired) electrons. The number of rotatable bonds is 16. The van der Waals surface area contributed by atoms with Crippen LogP contribution in [0.5, 0.6) is 0 Å². The van der Waals surface area contributed by atoms with Gasteiger partial charge in [-0.25, -0.2) is 0 Å². The maximum absolute atomic E-state index is 13.9. The fraction of sp³-hybridized carbons (Fsp3) is 0.902. The number of aliphatic hydroxyl groups excluding tert-OH is 2. The molecular weight excluding hydrogens is 861 g/mol. The van der Waals surface area contributed by atoms with Gasteiger partial charge < -0.3 is 29.2 Å². The SMILES string of the molecule is CC(C)C1CCC2=C(CCC3C(C)(C(=O)OCC(O)COC4CCC(C(C)(C)C5CCC(OCC(O)COC(=O)C6(C)CCCC7(C)C8=C(CCC67)CC(C(C)C)CC8)CC5)CC4)CCCC23C)C1. The van der Waals surface area contributed by atoms with Crippen molar-refractivity contribution in [2.45, 2.75) is 248 Å². The van der Waals surface area contributed by atoms with Gasteiger partial charge >= 0.3 is 11.9 Å². The Labute approximate surface area is 420 Å². The quantitative estimate of drug-likeness (QED) is 0.116. The molecular formula is C61H100O8. The third kappa shape index (κ3) is 10.9. The van der Waals surface area contributed by atoms with E-state index >= 15 is 0 Å². The Morgan fingerprint density at radius 3 is 1.28 bits per heavy atom. The summed E-state index contributed by atoms with van der Waals surface area (Å²) in [6.07, 6.45) is 25.1. The van der Waals surface area contributed by atoms with Crippen LogP contribution in [0.1, 0.15) is 223 Å². The molecule has 2 N–H and O–H groups in total. The van der Waals surface area contributed by atoms with Gasteiger partial charge in [-0.3, -0.25) is 9.59 Å². The molecule has 0 aromatic carbocycles. The van der Waals surface area contributed by atoms with Gasteiger partial charge in [0.15, 0.2) is 0 Å². The second kappa shape index (κ2) is 21.6. The minimum atomic E-state index is -0.818. The van der Waals surface area contributed by atoms with Crippen LogP contribution in [-0.2, 0) is 28.5 Å². The van der Waals surface area contributed by atoms with Gasteiger partial charge in [-0.2, -0.15) is 0 Å². The van der Waals surface area contributed by atoms with Crippen molar-refractivity contribution in [1.82, 2.24) is 0 Å². The molecule has 4 saturated carbocycles. The lowest BCUT2D eigenvalue weighted by Crippen LogP contribution is -2.52. The zero-order chi connectivity index (χ0) is 49.5. The summed E-state index contributed by atoms with van der Waals surface area (Å²) in [5.41, 5.74) is 6.09. The molecule has 0 amide bonds. The third-order valence-electron chi connectivity index (χ3n) is 22.2. The van der Waals surface area contributed by atoms with E-state index in [2.05, 4.69) is 69.2 Å². The van der Waals surface area contributed by atoms with Gasteiger partial charge in [0, 0.05) is 0 Å². The lowest BCUT2D eigenvalue weighted by molar-refractivity contribution is -0.171. The minimum absolute atomic E-state index is 0.00106. The Bertz CT molecular complexity index is 1720. The van der Waals surface area contributed by atoms with Crippen molar-refractivity contribution in [1.29, 1.82) is 0 Å². The molecule has 392 valence electrons. The van der Waals surface area contributed by atoms with Gasteiger partial charge in [-0.15, -0.1) is 0 Å². The van der Waals surface area contributed by atoms with Gasteiger partial charge in [0.1, 0.15) is 25.4 Å². The second-order valence-electron chi connectivity index (χ2n) is 27.2. The molecule has 8 aliphatic rings. The lowest BCUT2D eigenvalue weighted by Gasteiger charge is -2.56. The smallest absolute Gasteiger partial charge is 0.312 e. The first-order valence-corrected chi connectivity index (χ1v) is 29.1. The summed E-state index contributed by atoms with van der Waals surface area (Å²) in [6, 6.07) is 0. The van der Waals surface area contributed by atoms with E-state index in [9.17, 15) is 19.8 Å². The maximum atomic E-state index is 13.9. The number of esters is 2. The summed E-state index contributed by atoms with van der Waals surface area (Å²) < 4.78 is 24.6. The molecule has 8 aliphatic carbocycles. The number of carbonyl (C=O) groups is 2. The van der Waals surface area contributed by atoms with E-state index in [4.69, 9.17) is 18.9 Å². The molecule has 10 atom stereocenters. The van der Waals surface area contributed by atoms with Crippen LogP contribution >= 0.6 is 0 Å². The van der Waals surface area contributed by atoms with E-state index in [1.807, 2.05) is 0 Å². The Hall–Kier alpha value is -1.74. The van der Waals surface area contributed by atoms with Crippen molar-refractivity contribution in [2.75, 3.05) is 26.4 Å². The highest BCUT2D eigenvalue weighted by atomic mass is 16.6. The maximum Gasteiger partial charge on any atom is 0.312 e. The molecule has 10 unspecified atom stereocenters. The summed E-state index contributed by atoms with van der Waals surface area (Å²) in [4.78, 5) is 27.9. The summed E-state index contributed by atoms with van der Waals surface area (Å²) in [5, 5.41) is 22.0. The summed E-state index contributed by atoms with van der Waals surface area (Å²) in [7, 11) is 0. The molecule has 0 spiro atoms. The van der Waals surface area contributed by atoms with Crippen LogP contribution in [0.3, 0.4) is 0 Å². The first kappa shape index (κ1) is 53.5. The average molecular weight is 961 g/mol. The molecule has 69 heavy (non-hydrogen) atoms. The molecule has 0 aromatic heterocycles. The van der Waals surface area contributed by atoms with Crippen molar-refractivity contribution in [3.63, 3.8) is 0 Å². The van der Waals surface area contributed by atoms with E-state index in [-0.39, 0.29) is 66.8 Å². The Morgan fingerprint density at radius 2 is 0.913 bits per heavy atom. The fourth-order valence-corrected chi connectivity index (χ4v) is 17.5. The van der Waals surface area contributed by atoms with Crippen molar-refractivity contribution < 1.29 is 38.7 Å². The second-order valence-corrected chi connectivity index (χ2v) is 27.2. The number of ether oxygens (including phenoxy) is 4. The van der Waals surface area contributed by atoms with E-state index in [0.29, 0.717) is 23.7 Å². The molecule has 8 rings (SSSR count). The van der Waals surface area contributed by atoms with Gasteiger partial charge in [0.2, 0.25) is 0 Å². The van der Waals surface area contributed by atoms with Gasteiger partial charge in [0.05, 0.1) is 36.3 Å². The molecule has 0 aromatic rings. The largest absolute Gasteiger partial charge is 0.462 e. The van der Waals surface area contributed by atoms with Crippen molar-refractivity contribution in [3.8, 4) is 0 Å². The van der Waals surface area contributed by atoms with Crippen LogP contribution in [-0.4, -0.2) is 73.0 Å². The molecule has 0 heterocycles. The monoisotopic (exact) mass is 961 g/mol. The summed E-state index contributed by atoms with van der Waals surface area (Å²) in [5.74, 6) is 4.63. The van der Waals surface area contributed by atoms with Crippen molar-refractivity contribution in [2.24, 2.45) is 74.4 Å². The normalized spacial score (nSPS) is 39.5. The van der Waals surface area contributed by atoms with Crippen LogP contribution in [0.25, 0.3) is 0 Å². The Balaban J connectivity index is 0.715. The highest BCUT2D eigenvalue weighted by Crippen LogP contribution is 2.64. The number of allylic oxidation sites excluding steroid dienone is 4. The average Bonchev–Trinajstić information content (AvgIpc) is 3.33. The van der Waals surface area contributed by atoms with E-state index in [1.165, 1.54) is 51.4 Å². The fourth-order valence-electron chi connectivity index (χ4n) is 17.5. The van der Waals surface area contributed by atoms with E-state index in [1.54, 1.807) is 22.3 Å². The molecule has 0 aliphatic heterocycles. The number of fused-ring (bicyclic) bond motifs is 4. The van der Waals surface area contributed by atoms with Crippen molar-refractivity contribution in [3.05, 3.63) is 22.3 Å². The summed E-state index contributed by atoms with van der Waals surface area (Å²) in [6.45, 7) is 24.0. The van der Waals surface area contributed by atoms with Crippen LogP contribution in [0.4, 0.5) is 0 Å². The van der Waals surface area contributed by atoms with Gasteiger partial charge in [-0.1, -0.05) is 90.5 Å². The third-order valence-corrected chi connectivity index (χ3v) is 22.2. The molecule has 4 fully saturated rings. The number of hydrogen-bond donors (Lipinski definition) is 2. The van der Waals surface area contributed by atoms with Crippen LogP contribution in [0, 0.1) is 74.4 Å². The topological polar surface area (TPSA) is 112 Å². The Morgan fingerprint density at radius 1 is 0.536 bits per heavy atom. The molecule has 8 heteroatoms. The predicted octanol–water partition coefficient (Wildman–Crippen LogP) is 13.7. The summed E-state index contributed by atoms with van der Waals surface area (Å²) >= 11 is 0. The first-order chi connectivity index (χ1) is 32.7. The highest BCUT2D eigenvalue weighted by molar-refractivity contribution is 5.78. The standard InChI is InChI=1S/C61H100O8/c1-39(2)41-13-25-51-43(33-41)15-27-53-58(51,7)29-11-31-60(53,9)55(64)68-37-47(62)35-66-49-21-17-45(18-22-49)57(5,6)46-19-23-50(24-20-46)67-36-48(63)38-69-56(65)61(10)32-12-30-59(8)52-26-14-42(40(3)4)34-44(52)16-28-54(59)61/h39-42,45-50,53-54,62-63H,11-38H2,1-10H3. The van der Waals surface area contributed by atoms with E-state index < -0.39 is 23.0 Å². The minimum Gasteiger partial charge on any atom is -0.462 e. The highest BCUT2D eigenvalue weighted by Gasteiger charge is 2.58. The van der Waals surface area contributed by atoms with Gasteiger partial charge in [0.25, 0.3) is 0 Å². The van der Waals surface area contributed by atoms with E-state index in [0.717, 1.165) is 126 Å². The Kier molecular flexibility index (Phi) is 16.8. The van der Waals surface area contributed by atoms with Crippen LogP contribution < -0.4 is 0 Å². The number of carbonyl (C=O) groups excluding carboxylic acids is 2. The van der Waals surface area contributed by atoms with Crippen LogP contribution in [0.15, 0.2) is 22.3 Å². The first-order valence-electron chi connectivity index (χ1n) is 29.1. The molecule has 0 bridgehead atoms.